The highest BCUT2D eigenvalue weighted by Gasteiger charge is 2.08. The van der Waals surface area contributed by atoms with Gasteiger partial charge in [-0.25, -0.2) is 10.4 Å². The van der Waals surface area contributed by atoms with Crippen molar-refractivity contribution < 1.29 is 4.79 Å². The highest BCUT2D eigenvalue weighted by Crippen LogP contribution is 2.21. The molecule has 1 heterocycles. The molecule has 0 saturated carbocycles. The van der Waals surface area contributed by atoms with Gasteiger partial charge in [0.05, 0.1) is 18.3 Å². The molecular formula is C22H24N4OS. The van der Waals surface area contributed by atoms with Gasteiger partial charge in [-0.05, 0) is 31.5 Å². The van der Waals surface area contributed by atoms with Crippen LogP contribution in [0.5, 0.6) is 0 Å². The van der Waals surface area contributed by atoms with Crippen molar-refractivity contribution in [3.05, 3.63) is 70.5 Å². The Kier molecular flexibility index (Phi) is 6.92. The molecular weight excluding hydrogens is 368 g/mol. The largest absolute Gasteiger partial charge is 0.372 e. The van der Waals surface area contributed by atoms with E-state index in [-0.39, 0.29) is 12.3 Å². The van der Waals surface area contributed by atoms with E-state index in [1.165, 1.54) is 17.0 Å². The molecule has 1 N–H and O–H groups in total. The minimum atomic E-state index is -0.176. The third kappa shape index (κ3) is 5.27. The van der Waals surface area contributed by atoms with Crippen LogP contribution in [-0.2, 0) is 11.2 Å². The number of carbonyl (C=O) groups is 1. The summed E-state index contributed by atoms with van der Waals surface area (Å²) in [6.45, 7) is 6.23. The van der Waals surface area contributed by atoms with Gasteiger partial charge in [0, 0.05) is 29.7 Å². The maximum Gasteiger partial charge on any atom is 0.246 e. The van der Waals surface area contributed by atoms with E-state index in [1.807, 2.05) is 47.8 Å². The standard InChI is InChI=1S/C22H24N4OS/c1-3-26(4-2)19-12-10-17(11-13-19)15-23-25-21(27)14-22-24-20(16-28-22)18-8-6-5-7-9-18/h5-13,15-16H,3-4,14H2,1-2H3,(H,25,27)/b23-15-. The van der Waals surface area contributed by atoms with Crippen LogP contribution in [0.25, 0.3) is 11.3 Å². The summed E-state index contributed by atoms with van der Waals surface area (Å²) in [7, 11) is 0. The summed E-state index contributed by atoms with van der Waals surface area (Å²) in [5.74, 6) is -0.176. The average molecular weight is 393 g/mol. The van der Waals surface area contributed by atoms with Crippen molar-refractivity contribution in [3.8, 4) is 11.3 Å². The molecule has 0 saturated heterocycles. The Morgan fingerprint density at radius 1 is 1.11 bits per heavy atom. The first-order valence-electron chi connectivity index (χ1n) is 9.36. The predicted octanol–water partition coefficient (Wildman–Crippen LogP) is 4.35. The molecule has 0 fully saturated rings. The van der Waals surface area contributed by atoms with Crippen molar-refractivity contribution in [2.45, 2.75) is 20.3 Å². The number of nitrogens with zero attached hydrogens (tertiary/aromatic N) is 3. The monoisotopic (exact) mass is 392 g/mol. The van der Waals surface area contributed by atoms with E-state index in [0.717, 1.165) is 34.9 Å². The van der Waals surface area contributed by atoms with Crippen LogP contribution in [-0.4, -0.2) is 30.2 Å². The normalized spacial score (nSPS) is 10.9. The van der Waals surface area contributed by atoms with Crippen molar-refractivity contribution in [1.29, 1.82) is 0 Å². The Labute approximate surface area is 169 Å². The van der Waals surface area contributed by atoms with Gasteiger partial charge in [-0.2, -0.15) is 5.10 Å². The summed E-state index contributed by atoms with van der Waals surface area (Å²) in [6, 6.07) is 18.1. The molecule has 0 atom stereocenters. The second-order valence-corrected chi connectivity index (χ2v) is 7.17. The van der Waals surface area contributed by atoms with Crippen LogP contribution in [0.2, 0.25) is 0 Å². The lowest BCUT2D eigenvalue weighted by Crippen LogP contribution is -2.21. The Morgan fingerprint density at radius 3 is 2.50 bits per heavy atom. The van der Waals surface area contributed by atoms with Crippen molar-refractivity contribution in [3.63, 3.8) is 0 Å². The molecule has 0 bridgehead atoms. The topological polar surface area (TPSA) is 57.6 Å². The zero-order valence-electron chi connectivity index (χ0n) is 16.1. The lowest BCUT2D eigenvalue weighted by atomic mass is 10.2. The third-order valence-corrected chi connectivity index (χ3v) is 5.21. The van der Waals surface area contributed by atoms with E-state index in [0.29, 0.717) is 0 Å². The SMILES string of the molecule is CCN(CC)c1ccc(/C=N\NC(=O)Cc2nc(-c3ccccc3)cs2)cc1. The molecule has 3 rings (SSSR count). The fourth-order valence-corrected chi connectivity index (χ4v) is 3.65. The number of amides is 1. The fraction of sp³-hybridized carbons (Fsp3) is 0.227. The molecule has 0 spiro atoms. The minimum Gasteiger partial charge on any atom is -0.372 e. The summed E-state index contributed by atoms with van der Waals surface area (Å²) >= 11 is 1.48. The molecule has 28 heavy (non-hydrogen) atoms. The molecule has 3 aromatic rings. The van der Waals surface area contributed by atoms with Crippen LogP contribution in [0.1, 0.15) is 24.4 Å². The highest BCUT2D eigenvalue weighted by molar-refractivity contribution is 7.10. The summed E-state index contributed by atoms with van der Waals surface area (Å²) in [6.07, 6.45) is 1.87. The summed E-state index contributed by atoms with van der Waals surface area (Å²) in [4.78, 5) is 18.9. The first kappa shape index (κ1) is 19.8. The van der Waals surface area contributed by atoms with Gasteiger partial charge >= 0.3 is 0 Å². The van der Waals surface area contributed by atoms with Crippen molar-refractivity contribution in [2.24, 2.45) is 5.10 Å². The van der Waals surface area contributed by atoms with Gasteiger partial charge in [-0.3, -0.25) is 4.79 Å². The Hall–Kier alpha value is -2.99. The van der Waals surface area contributed by atoms with E-state index in [9.17, 15) is 4.79 Å². The number of aromatic nitrogens is 1. The smallest absolute Gasteiger partial charge is 0.246 e. The van der Waals surface area contributed by atoms with Gasteiger partial charge in [0.2, 0.25) is 5.91 Å². The lowest BCUT2D eigenvalue weighted by Gasteiger charge is -2.20. The molecule has 1 amide bonds. The Bertz CT molecular complexity index is 915. The summed E-state index contributed by atoms with van der Waals surface area (Å²) < 4.78 is 0. The summed E-state index contributed by atoms with van der Waals surface area (Å²) in [5.41, 5.74) is 6.65. The van der Waals surface area contributed by atoms with Crippen LogP contribution >= 0.6 is 11.3 Å². The van der Waals surface area contributed by atoms with Gasteiger partial charge in [0.1, 0.15) is 5.01 Å². The van der Waals surface area contributed by atoms with E-state index in [2.05, 4.69) is 46.4 Å². The molecule has 0 unspecified atom stereocenters. The van der Waals surface area contributed by atoms with Crippen molar-refractivity contribution >= 4 is 29.1 Å². The van der Waals surface area contributed by atoms with E-state index in [1.54, 1.807) is 6.21 Å². The van der Waals surface area contributed by atoms with E-state index in [4.69, 9.17) is 0 Å². The number of hydrogen-bond donors (Lipinski definition) is 1. The van der Waals surface area contributed by atoms with Gasteiger partial charge in [-0.15, -0.1) is 11.3 Å². The molecule has 0 radical (unpaired) electrons. The second kappa shape index (κ2) is 9.80. The van der Waals surface area contributed by atoms with Gasteiger partial charge < -0.3 is 4.90 Å². The van der Waals surface area contributed by atoms with E-state index < -0.39 is 0 Å². The zero-order chi connectivity index (χ0) is 19.8. The molecule has 2 aromatic carbocycles. The number of rotatable bonds is 8. The number of carbonyl (C=O) groups excluding carboxylic acids is 1. The first-order chi connectivity index (χ1) is 13.7. The number of anilines is 1. The molecule has 0 aliphatic carbocycles. The second-order valence-electron chi connectivity index (χ2n) is 6.23. The number of benzene rings is 2. The highest BCUT2D eigenvalue weighted by atomic mass is 32.1. The third-order valence-electron chi connectivity index (χ3n) is 4.36. The van der Waals surface area contributed by atoms with Crippen LogP contribution in [0.15, 0.2) is 65.1 Å². The van der Waals surface area contributed by atoms with Gasteiger partial charge in [0.15, 0.2) is 0 Å². The number of thiazole rings is 1. The fourth-order valence-electron chi connectivity index (χ4n) is 2.85. The van der Waals surface area contributed by atoms with Crippen LogP contribution in [0.3, 0.4) is 0 Å². The molecule has 5 nitrogen and oxygen atoms in total. The summed E-state index contributed by atoms with van der Waals surface area (Å²) in [5, 5.41) is 6.80. The first-order valence-corrected chi connectivity index (χ1v) is 10.2. The maximum absolute atomic E-state index is 12.1. The predicted molar refractivity (Wildman–Crippen MR) is 117 cm³/mol. The van der Waals surface area contributed by atoms with Crippen molar-refractivity contribution in [1.82, 2.24) is 10.4 Å². The average Bonchev–Trinajstić information content (AvgIpc) is 3.19. The van der Waals surface area contributed by atoms with E-state index >= 15 is 0 Å². The molecule has 144 valence electrons. The van der Waals surface area contributed by atoms with Crippen LogP contribution in [0.4, 0.5) is 5.69 Å². The minimum absolute atomic E-state index is 0.176. The van der Waals surface area contributed by atoms with Crippen molar-refractivity contribution in [2.75, 3.05) is 18.0 Å². The number of nitrogens with one attached hydrogen (secondary N) is 1. The molecule has 6 heteroatoms. The molecule has 0 aliphatic rings. The van der Waals surface area contributed by atoms with Gasteiger partial charge in [0.25, 0.3) is 0 Å². The zero-order valence-corrected chi connectivity index (χ0v) is 16.9. The number of hydrogen-bond acceptors (Lipinski definition) is 5. The molecule has 0 aliphatic heterocycles. The maximum atomic E-state index is 12.1. The van der Waals surface area contributed by atoms with Crippen LogP contribution < -0.4 is 10.3 Å². The lowest BCUT2D eigenvalue weighted by molar-refractivity contribution is -0.120. The van der Waals surface area contributed by atoms with Crippen LogP contribution in [0, 0.1) is 0 Å². The Balaban J connectivity index is 1.52. The quantitative estimate of drug-likeness (QED) is 0.458. The molecule has 1 aromatic heterocycles. The number of hydrazone groups is 1. The Morgan fingerprint density at radius 2 is 1.82 bits per heavy atom. The van der Waals surface area contributed by atoms with Gasteiger partial charge in [-0.1, -0.05) is 42.5 Å².